The van der Waals surface area contributed by atoms with Gasteiger partial charge in [-0.3, -0.25) is 0 Å². The maximum atomic E-state index is 12.3. The molecule has 2 aromatic rings. The second-order valence-electron chi connectivity index (χ2n) is 7.50. The molecule has 2 rings (SSSR count). The van der Waals surface area contributed by atoms with Crippen LogP contribution in [0.3, 0.4) is 0 Å². The van der Waals surface area contributed by atoms with Crippen LogP contribution < -0.4 is 4.74 Å². The quantitative estimate of drug-likeness (QED) is 0.386. The molecule has 2 atom stereocenters. The number of rotatable bonds is 11. The van der Waals surface area contributed by atoms with Gasteiger partial charge in [-0.05, 0) is 41.5 Å². The third kappa shape index (κ3) is 7.73. The van der Waals surface area contributed by atoms with Crippen LogP contribution in [0.15, 0.2) is 54.6 Å². The minimum atomic E-state index is -0.617. The largest absolute Gasteiger partial charge is 0.482 e. The fourth-order valence-electron chi connectivity index (χ4n) is 2.69. The molecule has 0 saturated heterocycles. The Bertz CT molecular complexity index is 694. The van der Waals surface area contributed by atoms with Crippen molar-refractivity contribution in [3.63, 3.8) is 0 Å². The molecule has 0 aliphatic carbocycles. The highest BCUT2D eigenvalue weighted by atomic mass is 16.7. The Kier molecular flexibility index (Phi) is 9.02. The van der Waals surface area contributed by atoms with Gasteiger partial charge in [0.15, 0.2) is 6.61 Å². The van der Waals surface area contributed by atoms with Crippen LogP contribution >= 0.6 is 0 Å². The predicted molar refractivity (Wildman–Crippen MR) is 111 cm³/mol. The van der Waals surface area contributed by atoms with Crippen molar-refractivity contribution in [3.05, 3.63) is 65.7 Å². The molecule has 0 spiro atoms. The van der Waals surface area contributed by atoms with Crippen LogP contribution in [-0.4, -0.2) is 25.5 Å². The van der Waals surface area contributed by atoms with Crippen molar-refractivity contribution >= 4 is 5.97 Å². The molecule has 0 aliphatic heterocycles. The third-order valence-electron chi connectivity index (χ3n) is 4.54. The third-order valence-corrected chi connectivity index (χ3v) is 4.54. The number of hydrogen-bond acceptors (Lipinski definition) is 4. The van der Waals surface area contributed by atoms with E-state index >= 15 is 0 Å². The van der Waals surface area contributed by atoms with Gasteiger partial charge in [0.25, 0.3) is 0 Å². The molecule has 0 bridgehead atoms. The van der Waals surface area contributed by atoms with Gasteiger partial charge in [0.05, 0.1) is 6.61 Å². The van der Waals surface area contributed by atoms with Gasteiger partial charge in [-0.1, -0.05) is 70.2 Å². The molecular weight excluding hydrogens is 352 g/mol. The summed E-state index contributed by atoms with van der Waals surface area (Å²) in [6.07, 6.45) is 0.989. The molecule has 0 saturated carbocycles. The van der Waals surface area contributed by atoms with E-state index in [4.69, 9.17) is 14.2 Å². The van der Waals surface area contributed by atoms with Crippen LogP contribution in [0.2, 0.25) is 0 Å². The van der Waals surface area contributed by atoms with Gasteiger partial charge in [0.2, 0.25) is 6.29 Å². The van der Waals surface area contributed by atoms with Crippen LogP contribution in [0.1, 0.15) is 51.2 Å². The SMILES string of the molecule is CCC(C)c1ccc(OCC(=O)OC(Cc2ccccc2)OCC(C)C)cc1. The summed E-state index contributed by atoms with van der Waals surface area (Å²) in [5, 5.41) is 0. The highest BCUT2D eigenvalue weighted by Gasteiger charge is 2.17. The summed E-state index contributed by atoms with van der Waals surface area (Å²) in [5.74, 6) is 1.09. The molecule has 0 heterocycles. The first-order valence-electron chi connectivity index (χ1n) is 10.1. The van der Waals surface area contributed by atoms with Gasteiger partial charge in [-0.25, -0.2) is 4.79 Å². The second-order valence-corrected chi connectivity index (χ2v) is 7.50. The normalized spacial score (nSPS) is 13.2. The van der Waals surface area contributed by atoms with Crippen molar-refractivity contribution in [1.82, 2.24) is 0 Å². The average Bonchev–Trinajstić information content (AvgIpc) is 2.71. The minimum absolute atomic E-state index is 0.140. The average molecular weight is 385 g/mol. The summed E-state index contributed by atoms with van der Waals surface area (Å²) in [6, 6.07) is 17.7. The van der Waals surface area contributed by atoms with E-state index in [1.807, 2.05) is 54.6 Å². The molecule has 4 nitrogen and oxygen atoms in total. The minimum Gasteiger partial charge on any atom is -0.482 e. The number of esters is 1. The van der Waals surface area contributed by atoms with Crippen molar-refractivity contribution in [2.45, 2.75) is 52.7 Å². The zero-order valence-electron chi connectivity index (χ0n) is 17.4. The fraction of sp³-hybridized carbons (Fsp3) is 0.458. The van der Waals surface area contributed by atoms with E-state index in [1.54, 1.807) is 0 Å². The molecule has 152 valence electrons. The van der Waals surface area contributed by atoms with Gasteiger partial charge < -0.3 is 14.2 Å². The first kappa shape index (κ1) is 22.0. The molecule has 0 N–H and O–H groups in total. The molecule has 2 unspecified atom stereocenters. The van der Waals surface area contributed by atoms with Gasteiger partial charge >= 0.3 is 5.97 Å². The topological polar surface area (TPSA) is 44.8 Å². The van der Waals surface area contributed by atoms with E-state index in [9.17, 15) is 4.79 Å². The van der Waals surface area contributed by atoms with E-state index in [0.717, 1.165) is 12.0 Å². The molecule has 0 radical (unpaired) electrons. The van der Waals surface area contributed by atoms with E-state index in [-0.39, 0.29) is 6.61 Å². The molecule has 0 fully saturated rings. The summed E-state index contributed by atoms with van der Waals surface area (Å²) in [4.78, 5) is 12.3. The Hall–Kier alpha value is -2.33. The Labute approximate surface area is 168 Å². The molecule has 0 amide bonds. The van der Waals surface area contributed by atoms with Crippen LogP contribution in [0.4, 0.5) is 0 Å². The number of benzene rings is 2. The van der Waals surface area contributed by atoms with Gasteiger partial charge in [-0.15, -0.1) is 0 Å². The van der Waals surface area contributed by atoms with E-state index in [2.05, 4.69) is 27.7 Å². The number of carbonyl (C=O) groups is 1. The van der Waals surface area contributed by atoms with Crippen LogP contribution in [-0.2, 0) is 20.7 Å². The lowest BCUT2D eigenvalue weighted by Gasteiger charge is -2.20. The smallest absolute Gasteiger partial charge is 0.346 e. The van der Waals surface area contributed by atoms with Crippen LogP contribution in [0.5, 0.6) is 5.75 Å². The fourth-order valence-corrected chi connectivity index (χ4v) is 2.69. The Morgan fingerprint density at radius 1 is 0.964 bits per heavy atom. The predicted octanol–water partition coefficient (Wildman–Crippen LogP) is 5.36. The molecule has 0 aliphatic rings. The maximum Gasteiger partial charge on any atom is 0.346 e. The zero-order chi connectivity index (χ0) is 20.4. The highest BCUT2D eigenvalue weighted by Crippen LogP contribution is 2.21. The monoisotopic (exact) mass is 384 g/mol. The summed E-state index contributed by atoms with van der Waals surface area (Å²) < 4.78 is 16.9. The molecule has 2 aromatic carbocycles. The lowest BCUT2D eigenvalue weighted by Crippen LogP contribution is -2.28. The van der Waals surface area contributed by atoms with Crippen LogP contribution in [0.25, 0.3) is 0 Å². The Balaban J connectivity index is 1.87. The Morgan fingerprint density at radius 2 is 1.64 bits per heavy atom. The molecule has 28 heavy (non-hydrogen) atoms. The summed E-state index contributed by atoms with van der Waals surface area (Å²) in [5.41, 5.74) is 2.33. The van der Waals surface area contributed by atoms with Crippen molar-refractivity contribution in [2.75, 3.05) is 13.2 Å². The molecular formula is C24H32O4. The Morgan fingerprint density at radius 3 is 2.25 bits per heavy atom. The van der Waals surface area contributed by atoms with Crippen molar-refractivity contribution in [1.29, 1.82) is 0 Å². The van der Waals surface area contributed by atoms with E-state index in [0.29, 0.717) is 30.6 Å². The number of carbonyl (C=O) groups excluding carboxylic acids is 1. The standard InChI is InChI=1S/C24H32O4/c1-5-19(4)21-11-13-22(14-12-21)26-17-23(25)28-24(27-16-18(2)3)15-20-9-7-6-8-10-20/h6-14,18-19,24H,5,15-17H2,1-4H3. The zero-order valence-corrected chi connectivity index (χ0v) is 17.4. The van der Waals surface area contributed by atoms with Crippen LogP contribution in [0, 0.1) is 5.92 Å². The second kappa shape index (κ2) is 11.5. The van der Waals surface area contributed by atoms with E-state index in [1.165, 1.54) is 5.56 Å². The first-order valence-corrected chi connectivity index (χ1v) is 10.1. The van der Waals surface area contributed by atoms with Crippen molar-refractivity contribution in [3.8, 4) is 5.75 Å². The van der Waals surface area contributed by atoms with Gasteiger partial charge in [0, 0.05) is 6.42 Å². The van der Waals surface area contributed by atoms with Crippen molar-refractivity contribution in [2.24, 2.45) is 5.92 Å². The number of ether oxygens (including phenoxy) is 3. The lowest BCUT2D eigenvalue weighted by atomic mass is 9.99. The molecule has 0 aromatic heterocycles. The highest BCUT2D eigenvalue weighted by molar-refractivity contribution is 5.71. The first-order chi connectivity index (χ1) is 13.5. The lowest BCUT2D eigenvalue weighted by molar-refractivity contribution is -0.182. The van der Waals surface area contributed by atoms with Gasteiger partial charge in [0.1, 0.15) is 5.75 Å². The summed E-state index contributed by atoms with van der Waals surface area (Å²) in [7, 11) is 0. The summed E-state index contributed by atoms with van der Waals surface area (Å²) >= 11 is 0. The van der Waals surface area contributed by atoms with Crippen molar-refractivity contribution < 1.29 is 19.0 Å². The molecule has 4 heteroatoms. The summed E-state index contributed by atoms with van der Waals surface area (Å²) in [6.45, 7) is 8.87. The van der Waals surface area contributed by atoms with Gasteiger partial charge in [-0.2, -0.15) is 0 Å². The number of hydrogen-bond donors (Lipinski definition) is 0. The maximum absolute atomic E-state index is 12.3. The van der Waals surface area contributed by atoms with E-state index < -0.39 is 12.3 Å².